The first-order valence-electron chi connectivity index (χ1n) is 12.6. The molecule has 3 aromatic carbocycles. The Balaban J connectivity index is 1.80. The van der Waals surface area contributed by atoms with Gasteiger partial charge in [-0.2, -0.15) is 0 Å². The summed E-state index contributed by atoms with van der Waals surface area (Å²) in [6, 6.07) is 22.3. The summed E-state index contributed by atoms with van der Waals surface area (Å²) >= 11 is 6.00. The molecule has 0 aliphatic carbocycles. The molecule has 0 aliphatic heterocycles. The standard InChI is InChI=1S/C29H34ClN3O5S/c1-4-18-31-29(35)22(2)32(19-23-10-12-25(30)13-11-23)28(34)20-33(39(3,36)37)26-14-16-27(17-15-26)38-21-24-8-6-5-7-9-24/h5-17,22H,4,18-21H2,1-3H3,(H,31,35)/t22-/m0/s1. The molecule has 0 fully saturated rings. The van der Waals surface area contributed by atoms with E-state index in [1.807, 2.05) is 37.3 Å². The number of sulfonamides is 1. The zero-order valence-corrected chi connectivity index (χ0v) is 23.9. The summed E-state index contributed by atoms with van der Waals surface area (Å²) in [6.07, 6.45) is 1.79. The number of nitrogens with zero attached hydrogens (tertiary/aromatic N) is 2. The van der Waals surface area contributed by atoms with E-state index in [1.165, 1.54) is 4.90 Å². The lowest BCUT2D eigenvalue weighted by Crippen LogP contribution is -2.51. The monoisotopic (exact) mass is 571 g/mol. The maximum Gasteiger partial charge on any atom is 0.244 e. The Hall–Kier alpha value is -3.56. The number of benzene rings is 3. The third-order valence-corrected chi connectivity index (χ3v) is 7.43. The van der Waals surface area contributed by atoms with Gasteiger partial charge in [0, 0.05) is 18.1 Å². The number of hydrogen-bond acceptors (Lipinski definition) is 5. The molecule has 8 nitrogen and oxygen atoms in total. The Bertz CT molecular complexity index is 1330. The van der Waals surface area contributed by atoms with Gasteiger partial charge in [-0.15, -0.1) is 0 Å². The van der Waals surface area contributed by atoms with Crippen LogP contribution in [-0.4, -0.2) is 50.5 Å². The Morgan fingerprint density at radius 2 is 1.59 bits per heavy atom. The van der Waals surface area contributed by atoms with Crippen molar-refractivity contribution in [2.75, 3.05) is 23.7 Å². The third kappa shape index (κ3) is 9.01. The van der Waals surface area contributed by atoms with Gasteiger partial charge in [-0.3, -0.25) is 13.9 Å². The summed E-state index contributed by atoms with van der Waals surface area (Å²) in [6.45, 7) is 4.04. The summed E-state index contributed by atoms with van der Waals surface area (Å²) in [4.78, 5) is 27.7. The number of amides is 2. The maximum absolute atomic E-state index is 13.6. The van der Waals surface area contributed by atoms with Gasteiger partial charge in [-0.25, -0.2) is 8.42 Å². The van der Waals surface area contributed by atoms with Crippen LogP contribution in [0.1, 0.15) is 31.4 Å². The van der Waals surface area contributed by atoms with E-state index in [2.05, 4.69) is 5.32 Å². The van der Waals surface area contributed by atoms with Crippen LogP contribution >= 0.6 is 11.6 Å². The van der Waals surface area contributed by atoms with E-state index in [0.717, 1.165) is 28.1 Å². The summed E-state index contributed by atoms with van der Waals surface area (Å²) in [5.41, 5.74) is 2.07. The molecule has 3 aromatic rings. The van der Waals surface area contributed by atoms with Crippen LogP contribution < -0.4 is 14.4 Å². The lowest BCUT2D eigenvalue weighted by Gasteiger charge is -2.31. The molecule has 39 heavy (non-hydrogen) atoms. The van der Waals surface area contributed by atoms with Crippen LogP contribution in [-0.2, 0) is 32.8 Å². The Kier molecular flexibility index (Phi) is 10.8. The number of carbonyl (C=O) groups excluding carboxylic acids is 2. The molecule has 10 heteroatoms. The fourth-order valence-electron chi connectivity index (χ4n) is 3.83. The van der Waals surface area contributed by atoms with Crippen molar-refractivity contribution in [1.82, 2.24) is 10.2 Å². The molecule has 1 atom stereocenters. The van der Waals surface area contributed by atoms with Gasteiger partial charge in [-0.05, 0) is 60.9 Å². The van der Waals surface area contributed by atoms with Crippen LogP contribution in [0.4, 0.5) is 5.69 Å². The van der Waals surface area contributed by atoms with Gasteiger partial charge in [-0.1, -0.05) is 61.0 Å². The topological polar surface area (TPSA) is 96.0 Å². The van der Waals surface area contributed by atoms with Crippen LogP contribution in [0.5, 0.6) is 5.75 Å². The quantitative estimate of drug-likeness (QED) is 0.323. The first-order valence-corrected chi connectivity index (χ1v) is 14.9. The van der Waals surface area contributed by atoms with Crippen LogP contribution in [0.15, 0.2) is 78.9 Å². The molecule has 3 rings (SSSR count). The lowest BCUT2D eigenvalue weighted by atomic mass is 10.1. The van der Waals surface area contributed by atoms with Gasteiger partial charge in [0.15, 0.2) is 0 Å². The van der Waals surface area contributed by atoms with E-state index in [1.54, 1.807) is 55.5 Å². The average Bonchev–Trinajstić information content (AvgIpc) is 2.93. The Morgan fingerprint density at radius 1 is 0.949 bits per heavy atom. The highest BCUT2D eigenvalue weighted by Crippen LogP contribution is 2.23. The van der Waals surface area contributed by atoms with E-state index in [-0.39, 0.29) is 12.5 Å². The van der Waals surface area contributed by atoms with Crippen molar-refractivity contribution in [2.24, 2.45) is 0 Å². The molecule has 0 aromatic heterocycles. The predicted octanol–water partition coefficient (Wildman–Crippen LogP) is 4.63. The minimum Gasteiger partial charge on any atom is -0.489 e. The Morgan fingerprint density at radius 3 is 2.18 bits per heavy atom. The average molecular weight is 572 g/mol. The molecule has 0 radical (unpaired) electrons. The van der Waals surface area contributed by atoms with Crippen LogP contribution in [0.2, 0.25) is 5.02 Å². The molecular weight excluding hydrogens is 538 g/mol. The second-order valence-electron chi connectivity index (χ2n) is 9.15. The second-order valence-corrected chi connectivity index (χ2v) is 11.5. The highest BCUT2D eigenvalue weighted by molar-refractivity contribution is 7.92. The van der Waals surface area contributed by atoms with Crippen LogP contribution in [0.25, 0.3) is 0 Å². The summed E-state index contributed by atoms with van der Waals surface area (Å²) < 4.78 is 32.3. The number of carbonyl (C=O) groups is 2. The van der Waals surface area contributed by atoms with Gasteiger partial charge in [0.2, 0.25) is 21.8 Å². The van der Waals surface area contributed by atoms with Crippen molar-refractivity contribution < 1.29 is 22.7 Å². The number of ether oxygens (including phenoxy) is 1. The fourth-order valence-corrected chi connectivity index (χ4v) is 4.80. The van der Waals surface area contributed by atoms with E-state index >= 15 is 0 Å². The molecule has 0 bridgehead atoms. The zero-order valence-electron chi connectivity index (χ0n) is 22.3. The number of halogens is 1. The van der Waals surface area contributed by atoms with E-state index in [9.17, 15) is 18.0 Å². The molecule has 0 saturated carbocycles. The second kappa shape index (κ2) is 14.0. The minimum absolute atomic E-state index is 0.112. The largest absolute Gasteiger partial charge is 0.489 e. The number of rotatable bonds is 13. The SMILES string of the molecule is CCCNC(=O)[C@H](C)N(Cc1ccc(Cl)cc1)C(=O)CN(c1ccc(OCc2ccccc2)cc1)S(C)(=O)=O. The predicted molar refractivity (Wildman–Crippen MR) is 154 cm³/mol. The van der Waals surface area contributed by atoms with Crippen molar-refractivity contribution in [3.05, 3.63) is 95.0 Å². The zero-order chi connectivity index (χ0) is 28.4. The van der Waals surface area contributed by atoms with E-state index in [4.69, 9.17) is 16.3 Å². The molecule has 0 aliphatic rings. The van der Waals surface area contributed by atoms with E-state index in [0.29, 0.717) is 29.6 Å². The minimum atomic E-state index is -3.83. The number of nitrogens with one attached hydrogen (secondary N) is 1. The molecule has 0 heterocycles. The molecule has 0 saturated heterocycles. The summed E-state index contributed by atoms with van der Waals surface area (Å²) in [5, 5.41) is 3.35. The van der Waals surface area contributed by atoms with Gasteiger partial charge < -0.3 is 15.0 Å². The van der Waals surface area contributed by atoms with Crippen molar-refractivity contribution in [3.8, 4) is 5.75 Å². The molecule has 208 valence electrons. The van der Waals surface area contributed by atoms with Gasteiger partial charge >= 0.3 is 0 Å². The molecule has 0 unspecified atom stereocenters. The molecule has 0 spiro atoms. The highest BCUT2D eigenvalue weighted by Gasteiger charge is 2.30. The lowest BCUT2D eigenvalue weighted by molar-refractivity contribution is -0.139. The number of anilines is 1. The molecule has 1 N–H and O–H groups in total. The van der Waals surface area contributed by atoms with Gasteiger partial charge in [0.05, 0.1) is 11.9 Å². The third-order valence-electron chi connectivity index (χ3n) is 6.03. The number of hydrogen-bond donors (Lipinski definition) is 1. The normalized spacial score (nSPS) is 11.9. The van der Waals surface area contributed by atoms with Gasteiger partial charge in [0.25, 0.3) is 0 Å². The summed E-state index contributed by atoms with van der Waals surface area (Å²) in [7, 11) is -3.83. The molecular formula is C29H34ClN3O5S. The van der Waals surface area contributed by atoms with Crippen LogP contribution in [0, 0.1) is 0 Å². The smallest absolute Gasteiger partial charge is 0.244 e. The van der Waals surface area contributed by atoms with Crippen molar-refractivity contribution in [2.45, 2.75) is 39.5 Å². The van der Waals surface area contributed by atoms with Crippen molar-refractivity contribution in [3.63, 3.8) is 0 Å². The first-order chi connectivity index (χ1) is 18.6. The van der Waals surface area contributed by atoms with Crippen molar-refractivity contribution >= 4 is 39.1 Å². The van der Waals surface area contributed by atoms with Crippen LogP contribution in [0.3, 0.4) is 0 Å². The fraction of sp³-hybridized carbons (Fsp3) is 0.310. The summed E-state index contributed by atoms with van der Waals surface area (Å²) in [5.74, 6) is -0.267. The Labute approximate surface area is 235 Å². The van der Waals surface area contributed by atoms with Gasteiger partial charge in [0.1, 0.15) is 24.9 Å². The molecule has 2 amide bonds. The van der Waals surface area contributed by atoms with E-state index < -0.39 is 28.5 Å². The van der Waals surface area contributed by atoms with Crippen molar-refractivity contribution in [1.29, 1.82) is 0 Å². The highest BCUT2D eigenvalue weighted by atomic mass is 35.5. The first kappa shape index (κ1) is 30.0. The maximum atomic E-state index is 13.6.